The van der Waals surface area contributed by atoms with Gasteiger partial charge in [-0.3, -0.25) is 0 Å². The van der Waals surface area contributed by atoms with Crippen LogP contribution < -0.4 is 5.32 Å². The zero-order chi connectivity index (χ0) is 16.0. The van der Waals surface area contributed by atoms with Gasteiger partial charge in [-0.25, -0.2) is 0 Å². The maximum Gasteiger partial charge on any atom is 0.115 e. The topological polar surface area (TPSA) is 41.5 Å². The second-order valence-corrected chi connectivity index (χ2v) is 6.86. The van der Waals surface area contributed by atoms with Gasteiger partial charge in [0.1, 0.15) is 5.75 Å². The minimum absolute atomic E-state index is 0.144. The summed E-state index contributed by atoms with van der Waals surface area (Å²) >= 11 is 0. The van der Waals surface area contributed by atoms with Crippen LogP contribution in [0.5, 0.6) is 5.75 Å². The molecule has 0 saturated carbocycles. The Labute approximate surface area is 137 Å². The van der Waals surface area contributed by atoms with Crippen LogP contribution in [-0.4, -0.2) is 11.7 Å². The molecule has 0 amide bonds. The minimum Gasteiger partial charge on any atom is -0.508 e. The molecule has 0 unspecified atom stereocenters. The first kappa shape index (κ1) is 14.6. The van der Waals surface area contributed by atoms with E-state index in [4.69, 9.17) is 4.74 Å². The molecule has 2 aliphatic heterocycles. The van der Waals surface area contributed by atoms with Crippen molar-refractivity contribution in [1.82, 2.24) is 0 Å². The van der Waals surface area contributed by atoms with Crippen LogP contribution in [0.4, 0.5) is 5.69 Å². The molecule has 2 heterocycles. The van der Waals surface area contributed by atoms with E-state index < -0.39 is 0 Å². The number of ether oxygens (including phenoxy) is 1. The van der Waals surface area contributed by atoms with Crippen LogP contribution in [-0.2, 0) is 4.74 Å². The number of fused-ring (bicyclic) bond motifs is 3. The van der Waals surface area contributed by atoms with E-state index in [1.54, 1.807) is 6.07 Å². The molecule has 1 fully saturated rings. The Kier molecular flexibility index (Phi) is 3.53. The van der Waals surface area contributed by atoms with E-state index in [2.05, 4.69) is 37.4 Å². The summed E-state index contributed by atoms with van der Waals surface area (Å²) in [6.45, 7) is 5.13. The summed E-state index contributed by atoms with van der Waals surface area (Å²) in [5.41, 5.74) is 6.18. The number of aryl methyl sites for hydroxylation is 2. The molecule has 1 saturated heterocycles. The van der Waals surface area contributed by atoms with E-state index in [-0.39, 0.29) is 12.1 Å². The fourth-order valence-electron chi connectivity index (χ4n) is 4.20. The highest BCUT2D eigenvalue weighted by Crippen LogP contribution is 2.50. The van der Waals surface area contributed by atoms with Crippen LogP contribution in [0.1, 0.15) is 47.2 Å². The molecule has 0 spiro atoms. The Morgan fingerprint density at radius 3 is 2.87 bits per heavy atom. The Balaban J connectivity index is 1.83. The van der Waals surface area contributed by atoms with Gasteiger partial charge in [0.2, 0.25) is 0 Å². The number of hydrogen-bond acceptors (Lipinski definition) is 3. The van der Waals surface area contributed by atoms with E-state index in [9.17, 15) is 5.11 Å². The second kappa shape index (κ2) is 5.57. The summed E-state index contributed by atoms with van der Waals surface area (Å²) in [4.78, 5) is 0. The van der Waals surface area contributed by atoms with Crippen LogP contribution in [0.15, 0.2) is 36.4 Å². The third-order valence-electron chi connectivity index (χ3n) is 5.14. The maximum atomic E-state index is 9.87. The Morgan fingerprint density at radius 2 is 2.04 bits per heavy atom. The quantitative estimate of drug-likeness (QED) is 0.806. The molecular weight excluding hydrogens is 286 g/mol. The Hall–Kier alpha value is -2.00. The summed E-state index contributed by atoms with van der Waals surface area (Å²) in [7, 11) is 0. The van der Waals surface area contributed by atoms with Crippen molar-refractivity contribution in [2.75, 3.05) is 11.9 Å². The van der Waals surface area contributed by atoms with Crippen LogP contribution in [0.3, 0.4) is 0 Å². The largest absolute Gasteiger partial charge is 0.508 e. The van der Waals surface area contributed by atoms with Crippen molar-refractivity contribution in [2.45, 2.75) is 38.8 Å². The maximum absolute atomic E-state index is 9.87. The molecule has 3 heteroatoms. The molecule has 3 atom stereocenters. The average molecular weight is 309 g/mol. The first-order valence-corrected chi connectivity index (χ1v) is 8.41. The van der Waals surface area contributed by atoms with Crippen LogP contribution in [0, 0.1) is 19.8 Å². The predicted molar refractivity (Wildman–Crippen MR) is 91.8 cm³/mol. The summed E-state index contributed by atoms with van der Waals surface area (Å²) in [5, 5.41) is 13.6. The minimum atomic E-state index is 0.144. The van der Waals surface area contributed by atoms with E-state index in [0.717, 1.165) is 25.0 Å². The fourth-order valence-corrected chi connectivity index (χ4v) is 4.20. The molecular formula is C20H23NO2. The standard InChI is InChI=1S/C20H23NO2/c1-12-9-13(2)18-17(10-12)20-16(7-4-8-23-20)19(21-18)14-5-3-6-15(22)11-14/h3,5-6,9-11,16,19-22H,4,7-8H2,1-2H3/t16-,19-,20-/m0/s1. The summed E-state index contributed by atoms with van der Waals surface area (Å²) in [6, 6.07) is 12.3. The third-order valence-corrected chi connectivity index (χ3v) is 5.14. The third kappa shape index (κ3) is 2.49. The molecule has 0 aromatic heterocycles. The van der Waals surface area contributed by atoms with Crippen molar-refractivity contribution in [3.8, 4) is 5.75 Å². The van der Waals surface area contributed by atoms with Crippen LogP contribution in [0.25, 0.3) is 0 Å². The van der Waals surface area contributed by atoms with Crippen LogP contribution >= 0.6 is 0 Å². The summed E-state index contributed by atoms with van der Waals surface area (Å²) in [6.07, 6.45) is 2.38. The number of rotatable bonds is 1. The first-order chi connectivity index (χ1) is 11.1. The molecule has 120 valence electrons. The monoisotopic (exact) mass is 309 g/mol. The molecule has 0 aliphatic carbocycles. The van der Waals surface area contributed by atoms with E-state index in [0.29, 0.717) is 11.7 Å². The number of phenolic OH excluding ortho intramolecular Hbond substituents is 1. The lowest BCUT2D eigenvalue weighted by Crippen LogP contribution is -2.36. The number of hydrogen-bond donors (Lipinski definition) is 2. The van der Waals surface area contributed by atoms with Gasteiger partial charge >= 0.3 is 0 Å². The molecule has 0 radical (unpaired) electrons. The van der Waals surface area contributed by atoms with Crippen LogP contribution in [0.2, 0.25) is 0 Å². The highest BCUT2D eigenvalue weighted by atomic mass is 16.5. The van der Waals surface area contributed by atoms with Crippen molar-refractivity contribution in [3.63, 3.8) is 0 Å². The molecule has 2 N–H and O–H groups in total. The van der Waals surface area contributed by atoms with Gasteiger partial charge in [-0.15, -0.1) is 0 Å². The van der Waals surface area contributed by atoms with Crippen molar-refractivity contribution in [3.05, 3.63) is 58.7 Å². The lowest BCUT2D eigenvalue weighted by Gasteiger charge is -2.44. The molecule has 2 aliphatic rings. The zero-order valence-electron chi connectivity index (χ0n) is 13.7. The Morgan fingerprint density at radius 1 is 1.17 bits per heavy atom. The second-order valence-electron chi connectivity index (χ2n) is 6.86. The number of anilines is 1. The fraction of sp³-hybridized carbons (Fsp3) is 0.400. The molecule has 3 nitrogen and oxygen atoms in total. The van der Waals surface area contributed by atoms with Gasteiger partial charge in [0.05, 0.1) is 12.1 Å². The highest BCUT2D eigenvalue weighted by molar-refractivity contribution is 5.63. The number of benzene rings is 2. The van der Waals surface area contributed by atoms with Gasteiger partial charge in [-0.05, 0) is 49.9 Å². The van der Waals surface area contributed by atoms with Crippen molar-refractivity contribution in [1.29, 1.82) is 0 Å². The molecule has 23 heavy (non-hydrogen) atoms. The first-order valence-electron chi connectivity index (χ1n) is 8.41. The zero-order valence-corrected chi connectivity index (χ0v) is 13.7. The van der Waals surface area contributed by atoms with E-state index >= 15 is 0 Å². The summed E-state index contributed by atoms with van der Waals surface area (Å²) in [5.74, 6) is 0.725. The normalized spacial score (nSPS) is 26.1. The van der Waals surface area contributed by atoms with Crippen molar-refractivity contribution in [2.24, 2.45) is 5.92 Å². The SMILES string of the molecule is Cc1cc(C)c2c(c1)[C@H]1OCCC[C@H]1[C@H](c1cccc(O)c1)N2. The number of aromatic hydroxyl groups is 1. The van der Waals surface area contributed by atoms with E-state index in [1.807, 2.05) is 12.1 Å². The van der Waals surface area contributed by atoms with Crippen molar-refractivity contribution >= 4 is 5.69 Å². The van der Waals surface area contributed by atoms with Gasteiger partial charge in [0, 0.05) is 23.8 Å². The average Bonchev–Trinajstić information content (AvgIpc) is 2.54. The van der Waals surface area contributed by atoms with E-state index in [1.165, 1.54) is 22.4 Å². The van der Waals surface area contributed by atoms with Gasteiger partial charge in [-0.1, -0.05) is 29.8 Å². The molecule has 2 aromatic rings. The highest BCUT2D eigenvalue weighted by Gasteiger charge is 2.40. The smallest absolute Gasteiger partial charge is 0.115 e. The van der Waals surface area contributed by atoms with Gasteiger partial charge in [0.15, 0.2) is 0 Å². The number of phenols is 1. The molecule has 4 rings (SSSR count). The lowest BCUT2D eigenvalue weighted by molar-refractivity contribution is -0.0382. The molecule has 2 aromatic carbocycles. The van der Waals surface area contributed by atoms with Gasteiger partial charge < -0.3 is 15.2 Å². The predicted octanol–water partition coefficient (Wildman–Crippen LogP) is 4.64. The Bertz CT molecular complexity index is 740. The lowest BCUT2D eigenvalue weighted by atomic mass is 9.76. The molecule has 0 bridgehead atoms. The van der Waals surface area contributed by atoms with Gasteiger partial charge in [-0.2, -0.15) is 0 Å². The number of nitrogens with one attached hydrogen (secondary N) is 1. The van der Waals surface area contributed by atoms with Gasteiger partial charge in [0.25, 0.3) is 0 Å². The van der Waals surface area contributed by atoms with Crippen molar-refractivity contribution < 1.29 is 9.84 Å². The summed E-state index contributed by atoms with van der Waals surface area (Å²) < 4.78 is 6.20.